The molecule has 22 heavy (non-hydrogen) atoms. The standard InChI is InChI=1S/C16H24FNO4/c1-18(8-11-12(17)6-5-7-14(11)19-2)13-9-22-10-15(20-3)16(13)21-4/h5-7,13,15-16H,8-10H2,1-4H3/t13-,15-,16+/m1/s1. The van der Waals surface area contributed by atoms with Crippen molar-refractivity contribution in [2.45, 2.75) is 24.8 Å². The first-order chi connectivity index (χ1) is 10.6. The van der Waals surface area contributed by atoms with Crippen LogP contribution in [0.25, 0.3) is 0 Å². The molecule has 124 valence electrons. The highest BCUT2D eigenvalue weighted by atomic mass is 19.1. The molecule has 1 aliphatic rings. The number of hydrogen-bond acceptors (Lipinski definition) is 5. The van der Waals surface area contributed by atoms with Gasteiger partial charge >= 0.3 is 0 Å². The zero-order valence-electron chi connectivity index (χ0n) is 13.5. The lowest BCUT2D eigenvalue weighted by atomic mass is 10.0. The van der Waals surface area contributed by atoms with Gasteiger partial charge in [-0.25, -0.2) is 4.39 Å². The molecule has 6 heteroatoms. The summed E-state index contributed by atoms with van der Waals surface area (Å²) in [6.07, 6.45) is -0.254. The van der Waals surface area contributed by atoms with Gasteiger partial charge < -0.3 is 18.9 Å². The molecule has 5 nitrogen and oxygen atoms in total. The maximum absolute atomic E-state index is 14.1. The third kappa shape index (κ3) is 3.57. The van der Waals surface area contributed by atoms with Gasteiger partial charge in [0, 0.05) is 26.3 Å². The summed E-state index contributed by atoms with van der Waals surface area (Å²) in [7, 11) is 6.76. The van der Waals surface area contributed by atoms with Crippen molar-refractivity contribution in [2.75, 3.05) is 41.6 Å². The van der Waals surface area contributed by atoms with E-state index in [1.165, 1.54) is 6.07 Å². The third-order valence-corrected chi connectivity index (χ3v) is 4.16. The molecule has 1 aliphatic heterocycles. The maximum Gasteiger partial charge on any atom is 0.131 e. The average molecular weight is 313 g/mol. The first-order valence-corrected chi connectivity index (χ1v) is 7.27. The number of rotatable bonds is 6. The molecule has 0 radical (unpaired) electrons. The van der Waals surface area contributed by atoms with E-state index in [1.807, 2.05) is 11.9 Å². The van der Waals surface area contributed by atoms with Crippen LogP contribution in [0.1, 0.15) is 5.56 Å². The van der Waals surface area contributed by atoms with E-state index in [2.05, 4.69) is 0 Å². The largest absolute Gasteiger partial charge is 0.496 e. The first-order valence-electron chi connectivity index (χ1n) is 7.27. The zero-order valence-corrected chi connectivity index (χ0v) is 13.5. The second-order valence-corrected chi connectivity index (χ2v) is 5.42. The molecule has 0 aromatic heterocycles. The van der Waals surface area contributed by atoms with Crippen LogP contribution in [0.4, 0.5) is 4.39 Å². The van der Waals surface area contributed by atoms with Crippen molar-refractivity contribution < 1.29 is 23.3 Å². The molecule has 1 heterocycles. The molecule has 3 atom stereocenters. The van der Waals surface area contributed by atoms with Crippen LogP contribution < -0.4 is 4.74 Å². The van der Waals surface area contributed by atoms with Crippen LogP contribution in [0.3, 0.4) is 0 Å². The zero-order chi connectivity index (χ0) is 16.1. The normalized spacial score (nSPS) is 25.5. The van der Waals surface area contributed by atoms with Gasteiger partial charge in [0.15, 0.2) is 0 Å². The van der Waals surface area contributed by atoms with E-state index in [0.29, 0.717) is 31.1 Å². The van der Waals surface area contributed by atoms with Gasteiger partial charge in [0.25, 0.3) is 0 Å². The molecule has 0 amide bonds. The van der Waals surface area contributed by atoms with E-state index in [0.717, 1.165) is 0 Å². The Hall–Kier alpha value is -1.21. The molecule has 1 aromatic carbocycles. The van der Waals surface area contributed by atoms with Crippen LogP contribution in [-0.4, -0.2) is 64.7 Å². The summed E-state index contributed by atoms with van der Waals surface area (Å²) in [6.45, 7) is 1.42. The summed E-state index contributed by atoms with van der Waals surface area (Å²) in [6, 6.07) is 4.82. The van der Waals surface area contributed by atoms with Crippen molar-refractivity contribution in [3.63, 3.8) is 0 Å². The van der Waals surface area contributed by atoms with Gasteiger partial charge in [0.1, 0.15) is 23.8 Å². The Kier molecular flexibility index (Phi) is 6.14. The predicted molar refractivity (Wildman–Crippen MR) is 80.6 cm³/mol. The monoisotopic (exact) mass is 313 g/mol. The molecule has 0 N–H and O–H groups in total. The van der Waals surface area contributed by atoms with E-state index in [-0.39, 0.29) is 24.1 Å². The lowest BCUT2D eigenvalue weighted by molar-refractivity contribution is -0.153. The molecular weight excluding hydrogens is 289 g/mol. The van der Waals surface area contributed by atoms with Crippen molar-refractivity contribution in [2.24, 2.45) is 0 Å². The summed E-state index contributed by atoms with van der Waals surface area (Å²) in [4.78, 5) is 2.01. The van der Waals surface area contributed by atoms with Crippen LogP contribution in [-0.2, 0) is 20.8 Å². The first kappa shape index (κ1) is 17.1. The average Bonchev–Trinajstić information content (AvgIpc) is 2.55. The third-order valence-electron chi connectivity index (χ3n) is 4.16. The Morgan fingerprint density at radius 3 is 2.64 bits per heavy atom. The molecule has 1 fully saturated rings. The van der Waals surface area contributed by atoms with E-state index in [1.54, 1.807) is 33.5 Å². The van der Waals surface area contributed by atoms with Gasteiger partial charge in [-0.2, -0.15) is 0 Å². The van der Waals surface area contributed by atoms with Crippen LogP contribution in [0.15, 0.2) is 18.2 Å². The minimum absolute atomic E-state index is 0.0204. The second-order valence-electron chi connectivity index (χ2n) is 5.42. The second kappa shape index (κ2) is 7.87. The highest BCUT2D eigenvalue weighted by Gasteiger charge is 2.37. The lowest BCUT2D eigenvalue weighted by Crippen LogP contribution is -2.56. The van der Waals surface area contributed by atoms with Gasteiger partial charge in [-0.3, -0.25) is 4.90 Å². The number of likely N-dealkylation sites (N-methyl/N-ethyl adjacent to an activating group) is 1. The number of nitrogens with zero attached hydrogens (tertiary/aromatic N) is 1. The molecule has 0 unspecified atom stereocenters. The SMILES string of the molecule is COc1cccc(F)c1CN(C)[C@@H]1COC[C@@H](OC)[C@H]1OC. The summed E-state index contributed by atoms with van der Waals surface area (Å²) < 4.78 is 35.9. The van der Waals surface area contributed by atoms with Crippen molar-refractivity contribution >= 4 is 0 Å². The van der Waals surface area contributed by atoms with Crippen molar-refractivity contribution in [3.05, 3.63) is 29.6 Å². The predicted octanol–water partition coefficient (Wildman–Crippen LogP) is 1.69. The summed E-state index contributed by atoms with van der Waals surface area (Å²) in [5, 5.41) is 0. The Morgan fingerprint density at radius 2 is 2.00 bits per heavy atom. The van der Waals surface area contributed by atoms with Crippen molar-refractivity contribution in [1.82, 2.24) is 4.90 Å². The highest BCUT2D eigenvalue weighted by Crippen LogP contribution is 2.25. The molecule has 0 spiro atoms. The number of benzene rings is 1. The molecule has 0 saturated carbocycles. The van der Waals surface area contributed by atoms with Crippen molar-refractivity contribution in [1.29, 1.82) is 0 Å². The molecule has 0 bridgehead atoms. The van der Waals surface area contributed by atoms with Crippen LogP contribution in [0.2, 0.25) is 0 Å². The molecule has 2 rings (SSSR count). The molecular formula is C16H24FNO4. The molecule has 1 aromatic rings. The van der Waals surface area contributed by atoms with E-state index in [4.69, 9.17) is 18.9 Å². The van der Waals surface area contributed by atoms with E-state index < -0.39 is 0 Å². The maximum atomic E-state index is 14.1. The summed E-state index contributed by atoms with van der Waals surface area (Å²) in [5.41, 5.74) is 0.530. The topological polar surface area (TPSA) is 40.2 Å². The number of halogens is 1. The smallest absolute Gasteiger partial charge is 0.131 e. The molecule has 0 aliphatic carbocycles. The van der Waals surface area contributed by atoms with Crippen LogP contribution in [0, 0.1) is 5.82 Å². The fourth-order valence-corrected chi connectivity index (χ4v) is 2.88. The Balaban J connectivity index is 2.16. The van der Waals surface area contributed by atoms with Gasteiger partial charge in [0.2, 0.25) is 0 Å². The van der Waals surface area contributed by atoms with Crippen molar-refractivity contribution in [3.8, 4) is 5.75 Å². The number of hydrogen-bond donors (Lipinski definition) is 0. The Labute approximate surface area is 130 Å². The fourth-order valence-electron chi connectivity index (χ4n) is 2.88. The highest BCUT2D eigenvalue weighted by molar-refractivity contribution is 5.34. The van der Waals surface area contributed by atoms with E-state index in [9.17, 15) is 4.39 Å². The van der Waals surface area contributed by atoms with Gasteiger partial charge in [0.05, 0.1) is 26.4 Å². The minimum Gasteiger partial charge on any atom is -0.496 e. The van der Waals surface area contributed by atoms with E-state index >= 15 is 0 Å². The number of methoxy groups -OCH3 is 3. The van der Waals surface area contributed by atoms with Crippen LogP contribution >= 0.6 is 0 Å². The van der Waals surface area contributed by atoms with Gasteiger partial charge in [-0.05, 0) is 19.2 Å². The number of ether oxygens (including phenoxy) is 4. The Bertz CT molecular complexity index is 485. The quantitative estimate of drug-likeness (QED) is 0.799. The molecule has 1 saturated heterocycles. The van der Waals surface area contributed by atoms with Gasteiger partial charge in [-0.15, -0.1) is 0 Å². The Morgan fingerprint density at radius 1 is 1.23 bits per heavy atom. The van der Waals surface area contributed by atoms with Gasteiger partial charge in [-0.1, -0.05) is 6.07 Å². The summed E-state index contributed by atoms with van der Waals surface area (Å²) in [5.74, 6) is 0.265. The fraction of sp³-hybridized carbons (Fsp3) is 0.625. The summed E-state index contributed by atoms with van der Waals surface area (Å²) >= 11 is 0. The minimum atomic E-state index is -0.278. The lowest BCUT2D eigenvalue weighted by Gasteiger charge is -2.40. The van der Waals surface area contributed by atoms with Crippen LogP contribution in [0.5, 0.6) is 5.75 Å².